The van der Waals surface area contributed by atoms with Crippen LogP contribution in [0.1, 0.15) is 52.2 Å². The largest absolute Gasteiger partial charge is 0.467 e. The van der Waals surface area contributed by atoms with Gasteiger partial charge < -0.3 is 19.5 Å². The van der Waals surface area contributed by atoms with Crippen LogP contribution in [0.15, 0.2) is 72.8 Å². The number of methoxy groups -OCH3 is 1. The Morgan fingerprint density at radius 3 is 2.22 bits per heavy atom. The molecule has 1 fully saturated rings. The van der Waals surface area contributed by atoms with Gasteiger partial charge in [0.15, 0.2) is 6.29 Å². The molecule has 3 aromatic carbocycles. The predicted octanol–water partition coefficient (Wildman–Crippen LogP) is 4.84. The van der Waals surface area contributed by atoms with Crippen molar-refractivity contribution in [2.45, 2.75) is 43.9 Å². The van der Waals surface area contributed by atoms with Gasteiger partial charge in [0.25, 0.3) is 5.91 Å². The lowest BCUT2D eigenvalue weighted by molar-refractivity contribution is -0.258. The fraction of sp³-hybridized carbons (Fsp3) is 0.344. The van der Waals surface area contributed by atoms with Crippen LogP contribution in [0.25, 0.3) is 11.1 Å². The molecular formula is C32H34N2O7. The first-order chi connectivity index (χ1) is 19.9. The predicted molar refractivity (Wildman–Crippen MR) is 151 cm³/mol. The van der Waals surface area contributed by atoms with Gasteiger partial charge in [0, 0.05) is 38.0 Å². The molecular weight excluding hydrogens is 524 g/mol. The lowest BCUT2D eigenvalue weighted by atomic mass is 9.98. The Balaban J connectivity index is 1.18. The van der Waals surface area contributed by atoms with E-state index >= 15 is 0 Å². The highest BCUT2D eigenvalue weighted by Gasteiger charge is 2.30. The molecule has 2 amide bonds. The van der Waals surface area contributed by atoms with Crippen LogP contribution in [0.3, 0.4) is 0 Å². The van der Waals surface area contributed by atoms with Crippen molar-refractivity contribution in [2.24, 2.45) is 0 Å². The maximum atomic E-state index is 12.8. The van der Waals surface area contributed by atoms with Crippen LogP contribution in [0.4, 0.5) is 4.79 Å². The third-order valence-corrected chi connectivity index (χ3v) is 7.46. The molecule has 0 spiro atoms. The summed E-state index contributed by atoms with van der Waals surface area (Å²) in [5.74, 6) is -1.01. The standard InChI is InChI=1S/C32H34N2O7/c1-34(41-29-13-7-8-18-39-29)30(35)22-16-14-21(15-17-22)19-28(31(36)38-2)33-32(37)40-20-27-25-11-5-3-9-23(25)24-10-4-6-12-26(24)27/h3-6,9-12,14-17,27-29H,7-8,13,18-20H2,1-2H3,(H,33,37)/t28-,29?/m0/s1. The Bertz CT molecular complexity index is 1340. The molecule has 214 valence electrons. The fourth-order valence-corrected chi connectivity index (χ4v) is 5.34. The zero-order valence-electron chi connectivity index (χ0n) is 23.2. The molecule has 1 aliphatic heterocycles. The molecule has 2 atom stereocenters. The summed E-state index contributed by atoms with van der Waals surface area (Å²) in [4.78, 5) is 43.7. The van der Waals surface area contributed by atoms with Gasteiger partial charge in [0.2, 0.25) is 0 Å². The van der Waals surface area contributed by atoms with Crippen LogP contribution in [-0.4, -0.2) is 62.7 Å². The first-order valence-electron chi connectivity index (χ1n) is 13.8. The second-order valence-corrected chi connectivity index (χ2v) is 10.2. The molecule has 0 saturated carbocycles. The molecule has 0 aromatic heterocycles. The number of carbonyl (C=O) groups excluding carboxylic acids is 3. The highest BCUT2D eigenvalue weighted by atomic mass is 16.8. The Morgan fingerprint density at radius 2 is 1.61 bits per heavy atom. The minimum atomic E-state index is -0.966. The summed E-state index contributed by atoms with van der Waals surface area (Å²) in [7, 11) is 2.82. The molecule has 5 rings (SSSR count). The van der Waals surface area contributed by atoms with E-state index in [2.05, 4.69) is 17.4 Å². The molecule has 1 saturated heterocycles. The average molecular weight is 559 g/mol. The molecule has 41 heavy (non-hydrogen) atoms. The Labute approximate surface area is 239 Å². The van der Waals surface area contributed by atoms with Crippen LogP contribution in [-0.2, 0) is 30.3 Å². The fourth-order valence-electron chi connectivity index (χ4n) is 5.34. The smallest absolute Gasteiger partial charge is 0.407 e. The first kappa shape index (κ1) is 28.3. The van der Waals surface area contributed by atoms with Crippen molar-refractivity contribution in [1.29, 1.82) is 0 Å². The van der Waals surface area contributed by atoms with Gasteiger partial charge in [-0.05, 0) is 52.8 Å². The number of benzene rings is 3. The molecule has 0 bridgehead atoms. The Kier molecular flexibility index (Phi) is 8.96. The van der Waals surface area contributed by atoms with Crippen molar-refractivity contribution >= 4 is 18.0 Å². The minimum absolute atomic E-state index is 0.0957. The first-order valence-corrected chi connectivity index (χ1v) is 13.8. The Morgan fingerprint density at radius 1 is 0.951 bits per heavy atom. The second-order valence-electron chi connectivity index (χ2n) is 10.2. The van der Waals surface area contributed by atoms with E-state index in [0.717, 1.165) is 47.1 Å². The molecule has 3 aromatic rings. The van der Waals surface area contributed by atoms with Gasteiger partial charge in [-0.3, -0.25) is 4.79 Å². The maximum absolute atomic E-state index is 12.8. The average Bonchev–Trinajstić information content (AvgIpc) is 3.33. The van der Waals surface area contributed by atoms with E-state index in [0.29, 0.717) is 12.2 Å². The van der Waals surface area contributed by atoms with Crippen molar-refractivity contribution in [2.75, 3.05) is 27.4 Å². The number of hydroxylamine groups is 2. The SMILES string of the molecule is COC(=O)[C@H](Cc1ccc(C(=O)N(C)OC2CCCCO2)cc1)NC(=O)OCC1c2ccccc2-c2ccccc21. The van der Waals surface area contributed by atoms with E-state index in [9.17, 15) is 14.4 Å². The third kappa shape index (κ3) is 6.58. The van der Waals surface area contributed by atoms with Crippen LogP contribution < -0.4 is 5.32 Å². The molecule has 2 aliphatic rings. The molecule has 0 radical (unpaired) electrons. The summed E-state index contributed by atoms with van der Waals surface area (Å²) in [6.45, 7) is 0.749. The van der Waals surface area contributed by atoms with Gasteiger partial charge >= 0.3 is 12.1 Å². The molecule has 9 nitrogen and oxygen atoms in total. The van der Waals surface area contributed by atoms with Crippen molar-refractivity contribution < 1.29 is 33.4 Å². The topological polar surface area (TPSA) is 103 Å². The highest BCUT2D eigenvalue weighted by Crippen LogP contribution is 2.44. The van der Waals surface area contributed by atoms with Crippen LogP contribution in [0.2, 0.25) is 0 Å². The number of alkyl carbamates (subject to hydrolysis) is 1. The number of amides is 2. The Hall–Kier alpha value is -4.21. The number of nitrogens with one attached hydrogen (secondary N) is 1. The van der Waals surface area contributed by atoms with Crippen LogP contribution in [0.5, 0.6) is 0 Å². The number of nitrogens with zero attached hydrogens (tertiary/aromatic N) is 1. The number of hydrogen-bond donors (Lipinski definition) is 1. The quantitative estimate of drug-likeness (QED) is 0.296. The minimum Gasteiger partial charge on any atom is -0.467 e. The van der Waals surface area contributed by atoms with E-state index in [4.69, 9.17) is 19.0 Å². The molecule has 1 N–H and O–H groups in total. The summed E-state index contributed by atoms with van der Waals surface area (Å²) in [6.07, 6.45) is 1.74. The van der Waals surface area contributed by atoms with Crippen molar-refractivity contribution in [3.8, 4) is 11.1 Å². The van der Waals surface area contributed by atoms with Gasteiger partial charge in [0.05, 0.1) is 7.11 Å². The number of ether oxygens (including phenoxy) is 3. The van der Waals surface area contributed by atoms with Gasteiger partial charge in [-0.1, -0.05) is 60.7 Å². The monoisotopic (exact) mass is 558 g/mol. The van der Waals surface area contributed by atoms with Crippen molar-refractivity contribution in [1.82, 2.24) is 10.4 Å². The van der Waals surface area contributed by atoms with Crippen molar-refractivity contribution in [3.63, 3.8) is 0 Å². The van der Waals surface area contributed by atoms with Crippen molar-refractivity contribution in [3.05, 3.63) is 95.1 Å². The van der Waals surface area contributed by atoms with E-state index in [1.165, 1.54) is 12.2 Å². The highest BCUT2D eigenvalue weighted by molar-refractivity contribution is 5.93. The summed E-state index contributed by atoms with van der Waals surface area (Å²) in [5.41, 5.74) is 5.62. The zero-order valence-corrected chi connectivity index (χ0v) is 23.2. The zero-order chi connectivity index (χ0) is 28.8. The van der Waals surface area contributed by atoms with Gasteiger partial charge in [-0.15, -0.1) is 0 Å². The summed E-state index contributed by atoms with van der Waals surface area (Å²) < 4.78 is 16.1. The van der Waals surface area contributed by atoms with E-state index in [1.54, 1.807) is 31.3 Å². The second kappa shape index (κ2) is 13.0. The number of esters is 1. The van der Waals surface area contributed by atoms with Gasteiger partial charge in [-0.2, -0.15) is 0 Å². The normalized spacial score (nSPS) is 16.7. The summed E-state index contributed by atoms with van der Waals surface area (Å²) >= 11 is 0. The van der Waals surface area contributed by atoms with E-state index in [-0.39, 0.29) is 24.9 Å². The molecule has 1 heterocycles. The summed E-state index contributed by atoms with van der Waals surface area (Å²) in [6, 6.07) is 21.9. The summed E-state index contributed by atoms with van der Waals surface area (Å²) in [5, 5.41) is 3.83. The molecule has 1 unspecified atom stereocenters. The van der Waals surface area contributed by atoms with E-state index < -0.39 is 24.4 Å². The number of hydrogen-bond acceptors (Lipinski definition) is 7. The van der Waals surface area contributed by atoms with Gasteiger partial charge in [-0.25, -0.2) is 19.5 Å². The lowest BCUT2D eigenvalue weighted by Gasteiger charge is -2.27. The maximum Gasteiger partial charge on any atom is 0.407 e. The molecule has 1 aliphatic carbocycles. The number of rotatable bonds is 9. The number of carbonyl (C=O) groups is 3. The molecule has 9 heteroatoms. The van der Waals surface area contributed by atoms with Gasteiger partial charge in [0.1, 0.15) is 12.6 Å². The van der Waals surface area contributed by atoms with Crippen LogP contribution in [0, 0.1) is 0 Å². The lowest BCUT2D eigenvalue weighted by Crippen LogP contribution is -2.43. The van der Waals surface area contributed by atoms with E-state index in [1.807, 2.05) is 36.4 Å². The van der Waals surface area contributed by atoms with Crippen LogP contribution >= 0.6 is 0 Å². The third-order valence-electron chi connectivity index (χ3n) is 7.46. The number of fused-ring (bicyclic) bond motifs is 3.